The first-order chi connectivity index (χ1) is 10.9. The van der Waals surface area contributed by atoms with Crippen molar-refractivity contribution < 1.29 is 27.8 Å². The summed E-state index contributed by atoms with van der Waals surface area (Å²) < 4.78 is 41.6. The number of amides is 2. The van der Waals surface area contributed by atoms with Gasteiger partial charge in [0.2, 0.25) is 0 Å². The zero-order valence-electron chi connectivity index (χ0n) is 12.4. The van der Waals surface area contributed by atoms with Crippen LogP contribution in [0.4, 0.5) is 23.7 Å². The fraction of sp³-hybridized carbons (Fsp3) is 0.533. The van der Waals surface area contributed by atoms with E-state index in [1.54, 1.807) is 0 Å². The molecule has 1 aromatic rings. The lowest BCUT2D eigenvalue weighted by molar-refractivity contribution is -0.0521. The molecule has 23 heavy (non-hydrogen) atoms. The molecule has 128 valence electrons. The standard InChI is InChI=1S/C15H19F3N2O3/c16-11-8-10(4-5-12(11)23-13(17)18)20-14(21)19-9-15(22)6-2-1-3-7-15/h4-5,8,13,22H,1-3,6-7,9H2,(H2,19,20,21). The predicted molar refractivity (Wildman–Crippen MR) is 78.1 cm³/mol. The number of urea groups is 1. The van der Waals surface area contributed by atoms with Crippen molar-refractivity contribution in [2.24, 2.45) is 0 Å². The average Bonchev–Trinajstić information content (AvgIpc) is 2.49. The summed E-state index contributed by atoms with van der Waals surface area (Å²) in [6, 6.07) is 2.53. The van der Waals surface area contributed by atoms with Crippen LogP contribution in [0.15, 0.2) is 18.2 Å². The van der Waals surface area contributed by atoms with Crippen LogP contribution in [0.1, 0.15) is 32.1 Å². The van der Waals surface area contributed by atoms with Crippen molar-refractivity contribution in [1.82, 2.24) is 5.32 Å². The third-order valence-electron chi connectivity index (χ3n) is 3.77. The van der Waals surface area contributed by atoms with E-state index in [0.717, 1.165) is 31.4 Å². The summed E-state index contributed by atoms with van der Waals surface area (Å²) in [5.74, 6) is -1.60. The van der Waals surface area contributed by atoms with Gasteiger partial charge in [-0.15, -0.1) is 0 Å². The Hall–Kier alpha value is -1.96. The molecule has 2 rings (SSSR count). The van der Waals surface area contributed by atoms with E-state index in [9.17, 15) is 23.1 Å². The minimum Gasteiger partial charge on any atom is -0.432 e. The van der Waals surface area contributed by atoms with Crippen molar-refractivity contribution in [2.45, 2.75) is 44.3 Å². The van der Waals surface area contributed by atoms with Gasteiger partial charge in [0.25, 0.3) is 0 Å². The van der Waals surface area contributed by atoms with E-state index in [-0.39, 0.29) is 12.2 Å². The lowest BCUT2D eigenvalue weighted by atomic mass is 9.85. The second-order valence-corrected chi connectivity index (χ2v) is 5.62. The smallest absolute Gasteiger partial charge is 0.387 e. The van der Waals surface area contributed by atoms with Gasteiger partial charge in [-0.25, -0.2) is 9.18 Å². The number of hydrogen-bond acceptors (Lipinski definition) is 3. The van der Waals surface area contributed by atoms with Crippen LogP contribution in [0.3, 0.4) is 0 Å². The van der Waals surface area contributed by atoms with Crippen LogP contribution in [0.25, 0.3) is 0 Å². The van der Waals surface area contributed by atoms with Crippen LogP contribution in [0.5, 0.6) is 5.75 Å². The molecule has 2 amide bonds. The number of hydrogen-bond donors (Lipinski definition) is 3. The maximum atomic E-state index is 13.5. The lowest BCUT2D eigenvalue weighted by Gasteiger charge is -2.32. The second kappa shape index (κ2) is 7.54. The highest BCUT2D eigenvalue weighted by atomic mass is 19.3. The molecule has 1 saturated carbocycles. The fourth-order valence-electron chi connectivity index (χ4n) is 2.58. The third kappa shape index (κ3) is 5.31. The first kappa shape index (κ1) is 17.4. The SMILES string of the molecule is O=C(NCC1(O)CCCCC1)Nc1ccc(OC(F)F)c(F)c1. The molecule has 0 unspecified atom stereocenters. The van der Waals surface area contributed by atoms with Crippen molar-refractivity contribution >= 4 is 11.7 Å². The number of benzene rings is 1. The van der Waals surface area contributed by atoms with Gasteiger partial charge in [-0.1, -0.05) is 19.3 Å². The first-order valence-corrected chi connectivity index (χ1v) is 7.40. The zero-order valence-corrected chi connectivity index (χ0v) is 12.4. The van der Waals surface area contributed by atoms with E-state index in [1.165, 1.54) is 6.07 Å². The van der Waals surface area contributed by atoms with Gasteiger partial charge >= 0.3 is 12.6 Å². The molecular formula is C15H19F3N2O3. The van der Waals surface area contributed by atoms with E-state index in [0.29, 0.717) is 12.8 Å². The fourth-order valence-corrected chi connectivity index (χ4v) is 2.58. The molecule has 0 saturated heterocycles. The molecule has 0 spiro atoms. The molecule has 1 aromatic carbocycles. The Morgan fingerprint density at radius 1 is 1.30 bits per heavy atom. The van der Waals surface area contributed by atoms with Gasteiger partial charge in [-0.3, -0.25) is 0 Å². The highest BCUT2D eigenvalue weighted by Crippen LogP contribution is 2.27. The van der Waals surface area contributed by atoms with Crippen LogP contribution in [0, 0.1) is 5.82 Å². The number of alkyl halides is 2. The molecule has 0 aromatic heterocycles. The van der Waals surface area contributed by atoms with Gasteiger partial charge in [-0.05, 0) is 25.0 Å². The van der Waals surface area contributed by atoms with Gasteiger partial charge < -0.3 is 20.5 Å². The Morgan fingerprint density at radius 3 is 2.61 bits per heavy atom. The molecule has 1 aliphatic carbocycles. The van der Waals surface area contributed by atoms with Gasteiger partial charge in [0, 0.05) is 18.3 Å². The molecule has 1 aliphatic rings. The predicted octanol–water partition coefficient (Wildman–Crippen LogP) is 3.24. The molecule has 0 aliphatic heterocycles. The molecule has 0 bridgehead atoms. The van der Waals surface area contributed by atoms with Crippen molar-refractivity contribution in [1.29, 1.82) is 0 Å². The monoisotopic (exact) mass is 332 g/mol. The number of carbonyl (C=O) groups is 1. The molecular weight excluding hydrogens is 313 g/mol. The number of halogens is 3. The molecule has 0 radical (unpaired) electrons. The van der Waals surface area contributed by atoms with Gasteiger partial charge in [0.1, 0.15) is 0 Å². The van der Waals surface area contributed by atoms with Crippen molar-refractivity contribution in [3.63, 3.8) is 0 Å². The van der Waals surface area contributed by atoms with Crippen LogP contribution in [0.2, 0.25) is 0 Å². The van der Waals surface area contributed by atoms with Crippen LogP contribution < -0.4 is 15.4 Å². The van der Waals surface area contributed by atoms with E-state index >= 15 is 0 Å². The molecule has 5 nitrogen and oxygen atoms in total. The van der Waals surface area contributed by atoms with Crippen LogP contribution in [-0.2, 0) is 0 Å². The number of aliphatic hydroxyl groups is 1. The van der Waals surface area contributed by atoms with E-state index in [2.05, 4.69) is 15.4 Å². The molecule has 1 fully saturated rings. The molecule has 8 heteroatoms. The van der Waals surface area contributed by atoms with E-state index < -0.39 is 29.8 Å². The summed E-state index contributed by atoms with van der Waals surface area (Å²) in [5.41, 5.74) is -0.812. The largest absolute Gasteiger partial charge is 0.432 e. The van der Waals surface area contributed by atoms with E-state index in [4.69, 9.17) is 0 Å². The average molecular weight is 332 g/mol. The second-order valence-electron chi connectivity index (χ2n) is 5.62. The summed E-state index contributed by atoms with van der Waals surface area (Å²) in [6.07, 6.45) is 4.15. The molecule has 0 atom stereocenters. The summed E-state index contributed by atoms with van der Waals surface area (Å²) >= 11 is 0. The Labute approximate surface area is 131 Å². The molecule has 3 N–H and O–H groups in total. The Bertz CT molecular complexity index is 549. The number of nitrogens with one attached hydrogen (secondary N) is 2. The Balaban J connectivity index is 1.86. The highest BCUT2D eigenvalue weighted by Gasteiger charge is 2.29. The number of rotatable bonds is 5. The summed E-state index contributed by atoms with van der Waals surface area (Å²) in [6.45, 7) is -3.02. The summed E-state index contributed by atoms with van der Waals surface area (Å²) in [7, 11) is 0. The summed E-state index contributed by atoms with van der Waals surface area (Å²) in [4.78, 5) is 11.8. The first-order valence-electron chi connectivity index (χ1n) is 7.40. The van der Waals surface area contributed by atoms with Crippen LogP contribution in [-0.4, -0.2) is 29.9 Å². The Morgan fingerprint density at radius 2 is 2.00 bits per heavy atom. The van der Waals surface area contributed by atoms with Crippen molar-refractivity contribution in [3.8, 4) is 5.75 Å². The van der Waals surface area contributed by atoms with Gasteiger partial charge in [0.15, 0.2) is 11.6 Å². The Kier molecular flexibility index (Phi) is 5.70. The normalized spacial score (nSPS) is 16.9. The lowest BCUT2D eigenvalue weighted by Crippen LogP contribution is -2.45. The maximum Gasteiger partial charge on any atom is 0.387 e. The number of carbonyl (C=O) groups excluding carboxylic acids is 1. The maximum absolute atomic E-state index is 13.5. The van der Waals surface area contributed by atoms with Gasteiger partial charge in [-0.2, -0.15) is 8.78 Å². The quantitative estimate of drug-likeness (QED) is 0.775. The highest BCUT2D eigenvalue weighted by molar-refractivity contribution is 5.89. The van der Waals surface area contributed by atoms with E-state index in [1.807, 2.05) is 0 Å². The van der Waals surface area contributed by atoms with Crippen molar-refractivity contribution in [3.05, 3.63) is 24.0 Å². The third-order valence-corrected chi connectivity index (χ3v) is 3.77. The molecule has 0 heterocycles. The van der Waals surface area contributed by atoms with Gasteiger partial charge in [0.05, 0.1) is 5.60 Å². The van der Waals surface area contributed by atoms with Crippen LogP contribution >= 0.6 is 0 Å². The zero-order chi connectivity index (χ0) is 16.9. The van der Waals surface area contributed by atoms with Crippen molar-refractivity contribution in [2.75, 3.05) is 11.9 Å². The number of ether oxygens (including phenoxy) is 1. The topological polar surface area (TPSA) is 70.6 Å². The minimum atomic E-state index is -3.12. The number of anilines is 1. The minimum absolute atomic E-state index is 0.0947. The summed E-state index contributed by atoms with van der Waals surface area (Å²) in [5, 5.41) is 15.2.